The lowest BCUT2D eigenvalue weighted by Gasteiger charge is -1.79. The lowest BCUT2D eigenvalue weighted by Crippen LogP contribution is -1.74. The molecule has 0 fully saturated rings. The number of thiazole rings is 1. The zero-order valence-electron chi connectivity index (χ0n) is 5.74. The summed E-state index contributed by atoms with van der Waals surface area (Å²) in [6.07, 6.45) is 2.39. The van der Waals surface area contributed by atoms with Gasteiger partial charge in [0.05, 0.1) is 25.0 Å². The van der Waals surface area contributed by atoms with E-state index in [9.17, 15) is 0 Å². The second-order valence-corrected chi connectivity index (χ2v) is 3.09. The average molecular weight is 163 g/mol. The van der Waals surface area contributed by atoms with E-state index in [0.29, 0.717) is 12.8 Å². The van der Waals surface area contributed by atoms with Gasteiger partial charge in [-0.05, 0) is 0 Å². The molecule has 0 aliphatic carbocycles. The van der Waals surface area contributed by atoms with Crippen LogP contribution in [-0.2, 0) is 12.8 Å². The highest BCUT2D eigenvalue weighted by molar-refractivity contribution is 7.11. The molecule has 11 heavy (non-hydrogen) atoms. The third-order valence-corrected chi connectivity index (χ3v) is 2.08. The molecule has 4 heteroatoms. The Balaban J connectivity index is 2.69. The summed E-state index contributed by atoms with van der Waals surface area (Å²) in [6.45, 7) is 0. The zero-order chi connectivity index (χ0) is 8.10. The molecule has 0 aromatic carbocycles. The van der Waals surface area contributed by atoms with Gasteiger partial charge in [-0.2, -0.15) is 10.5 Å². The van der Waals surface area contributed by atoms with Gasteiger partial charge < -0.3 is 0 Å². The summed E-state index contributed by atoms with van der Waals surface area (Å²) in [6, 6.07) is 4.03. The molecule has 1 rings (SSSR count). The predicted octanol–water partition coefficient (Wildman–Crippen LogP) is 1.28. The third-order valence-electron chi connectivity index (χ3n) is 1.09. The highest BCUT2D eigenvalue weighted by Gasteiger charge is 1.99. The zero-order valence-corrected chi connectivity index (χ0v) is 6.56. The fourth-order valence-electron chi connectivity index (χ4n) is 0.657. The van der Waals surface area contributed by atoms with E-state index in [1.807, 2.05) is 12.1 Å². The number of nitriles is 2. The van der Waals surface area contributed by atoms with Crippen molar-refractivity contribution in [3.63, 3.8) is 0 Å². The predicted molar refractivity (Wildman–Crippen MR) is 40.7 cm³/mol. The summed E-state index contributed by atoms with van der Waals surface area (Å²) in [7, 11) is 0. The van der Waals surface area contributed by atoms with Crippen LogP contribution in [0.25, 0.3) is 0 Å². The minimum absolute atomic E-state index is 0.343. The van der Waals surface area contributed by atoms with E-state index in [-0.39, 0.29) is 0 Å². The summed E-state index contributed by atoms with van der Waals surface area (Å²) < 4.78 is 0. The van der Waals surface area contributed by atoms with Crippen molar-refractivity contribution in [1.82, 2.24) is 4.98 Å². The van der Waals surface area contributed by atoms with Crippen molar-refractivity contribution in [2.45, 2.75) is 12.8 Å². The van der Waals surface area contributed by atoms with E-state index in [4.69, 9.17) is 10.5 Å². The van der Waals surface area contributed by atoms with Gasteiger partial charge >= 0.3 is 0 Å². The van der Waals surface area contributed by atoms with Crippen LogP contribution < -0.4 is 0 Å². The van der Waals surface area contributed by atoms with Crippen LogP contribution in [0.5, 0.6) is 0 Å². The SMILES string of the molecule is N#CCc1cnc(CC#N)s1. The highest BCUT2D eigenvalue weighted by Crippen LogP contribution is 2.12. The van der Waals surface area contributed by atoms with Gasteiger partial charge in [0.25, 0.3) is 0 Å². The van der Waals surface area contributed by atoms with Crippen LogP contribution in [0.4, 0.5) is 0 Å². The van der Waals surface area contributed by atoms with Crippen LogP contribution in [0.3, 0.4) is 0 Å². The van der Waals surface area contributed by atoms with E-state index >= 15 is 0 Å². The maximum Gasteiger partial charge on any atom is 0.107 e. The number of nitrogens with zero attached hydrogens (tertiary/aromatic N) is 3. The van der Waals surface area contributed by atoms with Crippen molar-refractivity contribution >= 4 is 11.3 Å². The van der Waals surface area contributed by atoms with Crippen LogP contribution in [-0.4, -0.2) is 4.98 Å². The first-order chi connectivity index (χ1) is 5.36. The van der Waals surface area contributed by atoms with Crippen LogP contribution >= 0.6 is 11.3 Å². The Morgan fingerprint density at radius 1 is 1.36 bits per heavy atom. The molecule has 0 amide bonds. The van der Waals surface area contributed by atoms with E-state index in [0.717, 1.165) is 9.88 Å². The van der Waals surface area contributed by atoms with Gasteiger partial charge in [0, 0.05) is 11.1 Å². The molecule has 0 radical (unpaired) electrons. The molecule has 0 saturated carbocycles. The minimum atomic E-state index is 0.343. The molecule has 0 bridgehead atoms. The largest absolute Gasteiger partial charge is 0.248 e. The highest BCUT2D eigenvalue weighted by atomic mass is 32.1. The van der Waals surface area contributed by atoms with Gasteiger partial charge in [-0.1, -0.05) is 0 Å². The first kappa shape index (κ1) is 7.71. The van der Waals surface area contributed by atoms with Crippen molar-refractivity contribution in [2.24, 2.45) is 0 Å². The summed E-state index contributed by atoms with van der Waals surface area (Å²) in [5.74, 6) is 0. The fourth-order valence-corrected chi connectivity index (χ4v) is 1.44. The minimum Gasteiger partial charge on any atom is -0.248 e. The standard InChI is InChI=1S/C7H5N3S/c8-3-1-6-5-10-7(11-6)2-4-9/h5H,1-2H2. The van der Waals surface area contributed by atoms with Gasteiger partial charge in [0.15, 0.2) is 0 Å². The Bertz CT molecular complexity index is 285. The summed E-state index contributed by atoms with van der Waals surface area (Å²) >= 11 is 1.43. The van der Waals surface area contributed by atoms with Crippen LogP contribution in [0.2, 0.25) is 0 Å². The van der Waals surface area contributed by atoms with Crippen molar-refractivity contribution in [1.29, 1.82) is 10.5 Å². The molecule has 54 valence electrons. The summed E-state index contributed by atoms with van der Waals surface area (Å²) in [4.78, 5) is 4.90. The first-order valence-electron chi connectivity index (χ1n) is 3.04. The Morgan fingerprint density at radius 3 is 2.73 bits per heavy atom. The third kappa shape index (κ3) is 2.03. The van der Waals surface area contributed by atoms with Gasteiger partial charge in [0.1, 0.15) is 5.01 Å². The van der Waals surface area contributed by atoms with Crippen molar-refractivity contribution in [3.8, 4) is 12.1 Å². The number of hydrogen-bond donors (Lipinski definition) is 0. The van der Waals surface area contributed by atoms with Gasteiger partial charge in [0.2, 0.25) is 0 Å². The van der Waals surface area contributed by atoms with E-state index < -0.39 is 0 Å². The molecule has 0 N–H and O–H groups in total. The molecule has 1 aromatic rings. The molecule has 0 aliphatic rings. The number of hydrogen-bond acceptors (Lipinski definition) is 4. The molecule has 0 saturated heterocycles. The molecule has 1 aromatic heterocycles. The molecular weight excluding hydrogens is 158 g/mol. The monoisotopic (exact) mass is 163 g/mol. The number of rotatable bonds is 2. The quantitative estimate of drug-likeness (QED) is 0.659. The Labute approximate surface area is 68.5 Å². The maximum atomic E-state index is 8.32. The molecule has 0 unspecified atom stereocenters. The lowest BCUT2D eigenvalue weighted by atomic mass is 10.4. The van der Waals surface area contributed by atoms with Crippen LogP contribution in [0.15, 0.2) is 6.20 Å². The molecule has 0 aliphatic heterocycles. The maximum absolute atomic E-state index is 8.32. The summed E-state index contributed by atoms with van der Waals surface area (Å²) in [5, 5.41) is 17.4. The van der Waals surface area contributed by atoms with E-state index in [1.165, 1.54) is 11.3 Å². The Hall–Kier alpha value is -1.39. The van der Waals surface area contributed by atoms with Gasteiger partial charge in [-0.15, -0.1) is 11.3 Å². The first-order valence-corrected chi connectivity index (χ1v) is 3.86. The molecule has 0 spiro atoms. The van der Waals surface area contributed by atoms with Crippen LogP contribution in [0, 0.1) is 22.7 Å². The Morgan fingerprint density at radius 2 is 2.09 bits per heavy atom. The topological polar surface area (TPSA) is 60.5 Å². The number of aromatic nitrogens is 1. The second kappa shape index (κ2) is 3.70. The Kier molecular flexibility index (Phi) is 2.59. The average Bonchev–Trinajstić information content (AvgIpc) is 2.38. The lowest BCUT2D eigenvalue weighted by molar-refractivity contribution is 1.18. The van der Waals surface area contributed by atoms with Gasteiger partial charge in [-0.25, -0.2) is 4.98 Å². The van der Waals surface area contributed by atoms with Crippen molar-refractivity contribution in [3.05, 3.63) is 16.1 Å². The van der Waals surface area contributed by atoms with Crippen molar-refractivity contribution < 1.29 is 0 Å². The molecule has 3 nitrogen and oxygen atoms in total. The van der Waals surface area contributed by atoms with E-state index in [2.05, 4.69) is 4.98 Å². The fraction of sp³-hybridized carbons (Fsp3) is 0.286. The molecular formula is C7H5N3S. The van der Waals surface area contributed by atoms with Crippen LogP contribution in [0.1, 0.15) is 9.88 Å². The molecule has 0 atom stereocenters. The van der Waals surface area contributed by atoms with E-state index in [1.54, 1.807) is 6.20 Å². The van der Waals surface area contributed by atoms with Crippen molar-refractivity contribution in [2.75, 3.05) is 0 Å². The summed E-state index contributed by atoms with van der Waals surface area (Å²) in [5.41, 5.74) is 0. The van der Waals surface area contributed by atoms with Gasteiger partial charge in [-0.3, -0.25) is 0 Å². The smallest absolute Gasteiger partial charge is 0.107 e. The normalized spacial score (nSPS) is 8.55. The second-order valence-electron chi connectivity index (χ2n) is 1.89. The molecule has 1 heterocycles.